The van der Waals surface area contributed by atoms with Gasteiger partial charge in [0.2, 0.25) is 0 Å². The second-order valence-electron chi connectivity index (χ2n) is 3.09. The number of rotatable bonds is 3. The fourth-order valence-corrected chi connectivity index (χ4v) is 2.03. The highest BCUT2D eigenvalue weighted by molar-refractivity contribution is 9.08. The molecule has 0 aromatic carbocycles. The molecule has 0 bridgehead atoms. The molecule has 0 saturated carbocycles. The highest BCUT2D eigenvalue weighted by Crippen LogP contribution is 2.27. The van der Waals surface area contributed by atoms with Crippen molar-refractivity contribution in [3.05, 3.63) is 28.6 Å². The number of pyridine rings is 1. The summed E-state index contributed by atoms with van der Waals surface area (Å²) in [7, 11) is 1.18. The van der Waals surface area contributed by atoms with Crippen LogP contribution < -0.4 is 0 Å². The first-order valence-corrected chi connectivity index (χ1v) is 5.56. The number of hydrogen-bond donors (Lipinski definition) is 0. The first-order valence-electron chi connectivity index (χ1n) is 4.44. The minimum Gasteiger partial charge on any atom is -0.464 e. The molecule has 0 N–H and O–H groups in total. The second kappa shape index (κ2) is 5.34. The van der Waals surface area contributed by atoms with E-state index < -0.39 is 12.4 Å². The Morgan fingerprint density at radius 2 is 2.25 bits per heavy atom. The van der Waals surface area contributed by atoms with Crippen molar-refractivity contribution in [2.75, 3.05) is 7.11 Å². The molecule has 1 aromatic rings. The summed E-state index contributed by atoms with van der Waals surface area (Å²) in [6, 6.07) is 1.07. The van der Waals surface area contributed by atoms with Gasteiger partial charge >= 0.3 is 5.97 Å². The van der Waals surface area contributed by atoms with E-state index in [-0.39, 0.29) is 16.6 Å². The van der Waals surface area contributed by atoms with Crippen molar-refractivity contribution in [1.82, 2.24) is 4.98 Å². The molecule has 88 valence electrons. The lowest BCUT2D eigenvalue weighted by Gasteiger charge is -2.10. The molecule has 1 rings (SSSR count). The quantitative estimate of drug-likeness (QED) is 0.635. The lowest BCUT2D eigenvalue weighted by Crippen LogP contribution is -2.09. The lowest BCUT2D eigenvalue weighted by molar-refractivity contribution is 0.0593. The van der Waals surface area contributed by atoms with E-state index >= 15 is 0 Å². The predicted molar refractivity (Wildman–Crippen MR) is 57.9 cm³/mol. The molecular formula is C10H10BrF2NO2. The fraction of sp³-hybridized carbons (Fsp3) is 0.400. The number of ether oxygens (including phenoxy) is 1. The number of carbonyl (C=O) groups is 1. The summed E-state index contributed by atoms with van der Waals surface area (Å²) in [6.07, 6.45) is -2.64. The van der Waals surface area contributed by atoms with Crippen LogP contribution in [0.1, 0.15) is 33.7 Å². The van der Waals surface area contributed by atoms with Gasteiger partial charge in [0.05, 0.1) is 7.11 Å². The maximum atomic E-state index is 12.7. The van der Waals surface area contributed by atoms with Crippen molar-refractivity contribution in [2.45, 2.75) is 18.7 Å². The number of halogens is 3. The van der Waals surface area contributed by atoms with E-state index in [1.165, 1.54) is 7.11 Å². The monoisotopic (exact) mass is 293 g/mol. The van der Waals surface area contributed by atoms with Gasteiger partial charge in [-0.05, 0) is 18.6 Å². The molecular weight excluding hydrogens is 284 g/mol. The third kappa shape index (κ3) is 2.55. The fourth-order valence-electron chi connectivity index (χ4n) is 1.30. The summed E-state index contributed by atoms with van der Waals surface area (Å²) in [5, 5.41) is 0.271. The van der Waals surface area contributed by atoms with Crippen LogP contribution in [-0.2, 0) is 10.1 Å². The second-order valence-corrected chi connectivity index (χ2v) is 3.65. The molecule has 0 spiro atoms. The summed E-state index contributed by atoms with van der Waals surface area (Å²) >= 11 is 3.12. The van der Waals surface area contributed by atoms with Crippen molar-refractivity contribution in [2.24, 2.45) is 0 Å². The maximum absolute atomic E-state index is 12.7. The number of aryl methyl sites for hydroxylation is 1. The standard InChI is InChI=1S/C10H10BrF2NO2/c1-5-7(4-11)6(9(12)13)3-8(14-5)10(15)16-2/h3,9H,4H2,1-2H3. The lowest BCUT2D eigenvalue weighted by atomic mass is 10.1. The smallest absolute Gasteiger partial charge is 0.356 e. The highest BCUT2D eigenvalue weighted by atomic mass is 79.9. The molecule has 0 saturated heterocycles. The average molecular weight is 294 g/mol. The van der Waals surface area contributed by atoms with Crippen LogP contribution in [0.4, 0.5) is 8.78 Å². The van der Waals surface area contributed by atoms with E-state index in [1.807, 2.05) is 0 Å². The van der Waals surface area contributed by atoms with Gasteiger partial charge in [-0.1, -0.05) is 15.9 Å². The number of aromatic nitrogens is 1. The highest BCUT2D eigenvalue weighted by Gasteiger charge is 2.19. The van der Waals surface area contributed by atoms with Crippen LogP contribution >= 0.6 is 15.9 Å². The average Bonchev–Trinajstić information content (AvgIpc) is 2.26. The van der Waals surface area contributed by atoms with Gasteiger partial charge in [0.25, 0.3) is 6.43 Å². The van der Waals surface area contributed by atoms with E-state index in [4.69, 9.17) is 0 Å². The molecule has 0 amide bonds. The predicted octanol–water partition coefficient (Wildman–Crippen LogP) is 3.01. The molecule has 0 atom stereocenters. The molecule has 0 aliphatic heterocycles. The summed E-state index contributed by atoms with van der Waals surface area (Å²) in [4.78, 5) is 15.1. The van der Waals surface area contributed by atoms with Crippen LogP contribution in [0.25, 0.3) is 0 Å². The molecule has 1 heterocycles. The van der Waals surface area contributed by atoms with Crippen molar-refractivity contribution in [1.29, 1.82) is 0 Å². The van der Waals surface area contributed by atoms with Crippen molar-refractivity contribution >= 4 is 21.9 Å². The van der Waals surface area contributed by atoms with E-state index in [0.29, 0.717) is 11.3 Å². The van der Waals surface area contributed by atoms with Crippen LogP contribution in [0.15, 0.2) is 6.07 Å². The van der Waals surface area contributed by atoms with Gasteiger partial charge in [0, 0.05) is 16.6 Å². The Morgan fingerprint density at radius 3 is 2.69 bits per heavy atom. The van der Waals surface area contributed by atoms with Gasteiger partial charge in [0.1, 0.15) is 5.69 Å². The third-order valence-electron chi connectivity index (χ3n) is 2.13. The molecule has 0 aliphatic rings. The molecule has 3 nitrogen and oxygen atoms in total. The number of carbonyl (C=O) groups excluding carboxylic acids is 1. The van der Waals surface area contributed by atoms with Gasteiger partial charge in [-0.2, -0.15) is 0 Å². The third-order valence-corrected chi connectivity index (χ3v) is 2.69. The molecule has 16 heavy (non-hydrogen) atoms. The van der Waals surface area contributed by atoms with E-state index in [2.05, 4.69) is 25.7 Å². The Bertz CT molecular complexity index is 410. The normalized spacial score (nSPS) is 10.6. The Hall–Kier alpha value is -1.04. The van der Waals surface area contributed by atoms with Crippen LogP contribution in [0.5, 0.6) is 0 Å². The van der Waals surface area contributed by atoms with Crippen LogP contribution in [-0.4, -0.2) is 18.1 Å². The zero-order valence-electron chi connectivity index (χ0n) is 8.76. The first-order chi connectivity index (χ1) is 7.51. The van der Waals surface area contributed by atoms with Crippen LogP contribution in [0.3, 0.4) is 0 Å². The summed E-state index contributed by atoms with van der Waals surface area (Å²) < 4.78 is 29.9. The van der Waals surface area contributed by atoms with Gasteiger partial charge < -0.3 is 4.74 Å². The number of nitrogens with zero attached hydrogens (tertiary/aromatic N) is 1. The maximum Gasteiger partial charge on any atom is 0.356 e. The van der Waals surface area contributed by atoms with E-state index in [1.54, 1.807) is 6.92 Å². The number of methoxy groups -OCH3 is 1. The zero-order chi connectivity index (χ0) is 12.3. The summed E-state index contributed by atoms with van der Waals surface area (Å²) in [5.41, 5.74) is 0.516. The molecule has 0 fully saturated rings. The topological polar surface area (TPSA) is 39.2 Å². The Kier molecular flexibility index (Phi) is 4.35. The molecule has 0 aliphatic carbocycles. The van der Waals surface area contributed by atoms with Crippen LogP contribution in [0, 0.1) is 6.92 Å². The van der Waals surface area contributed by atoms with Gasteiger partial charge in [-0.3, -0.25) is 0 Å². The van der Waals surface area contributed by atoms with Gasteiger partial charge in [-0.15, -0.1) is 0 Å². The molecule has 0 unspecified atom stereocenters. The molecule has 6 heteroatoms. The number of alkyl halides is 3. The van der Waals surface area contributed by atoms with Gasteiger partial charge in [-0.25, -0.2) is 18.6 Å². The van der Waals surface area contributed by atoms with E-state index in [9.17, 15) is 13.6 Å². The largest absolute Gasteiger partial charge is 0.464 e. The first kappa shape index (κ1) is 13.0. The van der Waals surface area contributed by atoms with E-state index in [0.717, 1.165) is 6.07 Å². The zero-order valence-corrected chi connectivity index (χ0v) is 10.3. The molecule has 1 aromatic heterocycles. The van der Waals surface area contributed by atoms with Gasteiger partial charge in [0.15, 0.2) is 0 Å². The molecule has 0 radical (unpaired) electrons. The van der Waals surface area contributed by atoms with Crippen molar-refractivity contribution in [3.63, 3.8) is 0 Å². The Balaban J connectivity index is 3.33. The minimum absolute atomic E-state index is 0.0972. The number of hydrogen-bond acceptors (Lipinski definition) is 3. The SMILES string of the molecule is COC(=O)c1cc(C(F)F)c(CBr)c(C)n1. The minimum atomic E-state index is -2.64. The Labute approximate surface area is 99.9 Å². The summed E-state index contributed by atoms with van der Waals surface area (Å²) in [5.74, 6) is -0.717. The van der Waals surface area contributed by atoms with Crippen molar-refractivity contribution < 1.29 is 18.3 Å². The van der Waals surface area contributed by atoms with Crippen molar-refractivity contribution in [3.8, 4) is 0 Å². The van der Waals surface area contributed by atoms with Crippen LogP contribution in [0.2, 0.25) is 0 Å². The summed E-state index contributed by atoms with van der Waals surface area (Å²) in [6.45, 7) is 1.58. The number of esters is 1. The Morgan fingerprint density at radius 1 is 1.62 bits per heavy atom.